The van der Waals surface area contributed by atoms with Crippen LogP contribution in [0, 0.1) is 0 Å². The van der Waals surface area contributed by atoms with Gasteiger partial charge in [-0.1, -0.05) is 11.6 Å². The number of halogens is 2. The molecule has 1 heterocycles. The molecule has 0 bridgehead atoms. The molecule has 0 radical (unpaired) electrons. The molecule has 1 aromatic carbocycles. The highest BCUT2D eigenvalue weighted by molar-refractivity contribution is 9.10. The van der Waals surface area contributed by atoms with Crippen LogP contribution in [0.15, 0.2) is 35.1 Å². The molecule has 0 amide bonds. The fourth-order valence-corrected chi connectivity index (χ4v) is 2.19. The maximum Gasteiger partial charge on any atom is 0.207 e. The minimum Gasteiger partial charge on any atom is -0.326 e. The molecule has 0 saturated heterocycles. The lowest BCUT2D eigenvalue weighted by molar-refractivity contribution is 0.751. The number of hydrogen-bond acceptors (Lipinski definition) is 2. The van der Waals surface area contributed by atoms with Gasteiger partial charge in [0, 0.05) is 28.6 Å². The van der Waals surface area contributed by atoms with Crippen LogP contribution >= 0.6 is 27.5 Å². The van der Waals surface area contributed by atoms with Crippen LogP contribution in [0.1, 0.15) is 18.9 Å². The lowest BCUT2D eigenvalue weighted by Crippen LogP contribution is -2.01. The molecule has 0 spiro atoms. The Labute approximate surface area is 113 Å². The van der Waals surface area contributed by atoms with Gasteiger partial charge in [0.05, 0.1) is 5.02 Å². The van der Waals surface area contributed by atoms with Gasteiger partial charge in [-0.05, 0) is 47.0 Å². The molecular weight excluding hydrogens is 302 g/mol. The second-order valence-corrected chi connectivity index (χ2v) is 5.40. The van der Waals surface area contributed by atoms with E-state index in [1.807, 2.05) is 30.6 Å². The van der Waals surface area contributed by atoms with Crippen molar-refractivity contribution < 1.29 is 0 Å². The predicted octanol–water partition coefficient (Wildman–Crippen LogP) is 4.38. The van der Waals surface area contributed by atoms with E-state index in [1.165, 1.54) is 12.8 Å². The summed E-state index contributed by atoms with van der Waals surface area (Å²) in [5, 5.41) is 3.98. The van der Waals surface area contributed by atoms with Crippen molar-refractivity contribution in [2.24, 2.45) is 0 Å². The number of aromatic nitrogens is 2. The van der Waals surface area contributed by atoms with Gasteiger partial charge >= 0.3 is 0 Å². The third-order valence-electron chi connectivity index (χ3n) is 2.78. The van der Waals surface area contributed by atoms with Crippen LogP contribution in [-0.4, -0.2) is 9.55 Å². The first-order valence-corrected chi connectivity index (χ1v) is 6.66. The van der Waals surface area contributed by atoms with Crippen LogP contribution in [0.2, 0.25) is 5.02 Å². The Morgan fingerprint density at radius 1 is 1.41 bits per heavy atom. The normalized spacial score (nSPS) is 14.9. The van der Waals surface area contributed by atoms with Crippen LogP contribution < -0.4 is 5.32 Å². The molecule has 5 heteroatoms. The molecule has 2 aromatic rings. The number of anilines is 2. The fraction of sp³-hybridized carbons (Fsp3) is 0.250. The van der Waals surface area contributed by atoms with E-state index in [0.29, 0.717) is 11.1 Å². The van der Waals surface area contributed by atoms with Gasteiger partial charge in [0.1, 0.15) is 0 Å². The van der Waals surface area contributed by atoms with E-state index < -0.39 is 0 Å². The zero-order valence-electron chi connectivity index (χ0n) is 9.03. The Balaban J connectivity index is 1.85. The second-order valence-electron chi connectivity index (χ2n) is 4.14. The second kappa shape index (κ2) is 4.35. The summed E-state index contributed by atoms with van der Waals surface area (Å²) in [5.74, 6) is 0.880. The van der Waals surface area contributed by atoms with Crippen molar-refractivity contribution in [3.63, 3.8) is 0 Å². The highest BCUT2D eigenvalue weighted by Crippen LogP contribution is 2.37. The Morgan fingerprint density at radius 3 is 2.94 bits per heavy atom. The smallest absolute Gasteiger partial charge is 0.207 e. The molecule has 1 aliphatic rings. The van der Waals surface area contributed by atoms with Crippen molar-refractivity contribution in [1.82, 2.24) is 9.55 Å². The number of benzene rings is 1. The topological polar surface area (TPSA) is 29.9 Å². The van der Waals surface area contributed by atoms with Crippen molar-refractivity contribution in [2.45, 2.75) is 18.9 Å². The average molecular weight is 313 g/mol. The number of hydrogen-bond donors (Lipinski definition) is 1. The van der Waals surface area contributed by atoms with Gasteiger partial charge in [-0.25, -0.2) is 4.98 Å². The summed E-state index contributed by atoms with van der Waals surface area (Å²) in [4.78, 5) is 4.32. The van der Waals surface area contributed by atoms with E-state index in [2.05, 4.69) is 30.8 Å². The van der Waals surface area contributed by atoms with Gasteiger partial charge in [0.2, 0.25) is 5.95 Å². The molecule has 17 heavy (non-hydrogen) atoms. The molecule has 0 unspecified atom stereocenters. The SMILES string of the molecule is Clc1cc(Nc2nccn2C2CC2)ccc1Br. The molecule has 3 nitrogen and oxygen atoms in total. The number of nitrogens with zero attached hydrogens (tertiary/aromatic N) is 2. The standard InChI is InChI=1S/C12H11BrClN3/c13-10-4-1-8(7-11(10)14)16-12-15-5-6-17(12)9-2-3-9/h1,4-7,9H,2-3H2,(H,15,16). The molecule has 1 aliphatic carbocycles. The summed E-state index contributed by atoms with van der Waals surface area (Å²) in [5.41, 5.74) is 0.950. The predicted molar refractivity (Wildman–Crippen MR) is 72.9 cm³/mol. The molecule has 0 atom stereocenters. The largest absolute Gasteiger partial charge is 0.326 e. The zero-order chi connectivity index (χ0) is 11.8. The van der Waals surface area contributed by atoms with Gasteiger partial charge in [-0.15, -0.1) is 0 Å². The van der Waals surface area contributed by atoms with Crippen LogP contribution in [0.5, 0.6) is 0 Å². The van der Waals surface area contributed by atoms with Crippen LogP contribution in [0.25, 0.3) is 0 Å². The maximum absolute atomic E-state index is 6.05. The fourth-order valence-electron chi connectivity index (χ4n) is 1.76. The van der Waals surface area contributed by atoms with Crippen molar-refractivity contribution in [2.75, 3.05) is 5.32 Å². The monoisotopic (exact) mass is 311 g/mol. The van der Waals surface area contributed by atoms with E-state index in [1.54, 1.807) is 0 Å². The zero-order valence-corrected chi connectivity index (χ0v) is 11.4. The quantitative estimate of drug-likeness (QED) is 0.911. The summed E-state index contributed by atoms with van der Waals surface area (Å²) < 4.78 is 3.07. The summed E-state index contributed by atoms with van der Waals surface area (Å²) in [6.45, 7) is 0. The number of nitrogens with one attached hydrogen (secondary N) is 1. The van der Waals surface area contributed by atoms with Gasteiger partial charge in [-0.2, -0.15) is 0 Å². The van der Waals surface area contributed by atoms with Crippen LogP contribution in [0.3, 0.4) is 0 Å². The minimum atomic E-state index is 0.617. The molecule has 1 aromatic heterocycles. The van der Waals surface area contributed by atoms with E-state index >= 15 is 0 Å². The highest BCUT2D eigenvalue weighted by Gasteiger charge is 2.25. The molecule has 1 saturated carbocycles. The third-order valence-corrected chi connectivity index (χ3v) is 4.02. The molecule has 0 aliphatic heterocycles. The van der Waals surface area contributed by atoms with E-state index in [0.717, 1.165) is 16.1 Å². The summed E-state index contributed by atoms with van der Waals surface area (Å²) in [7, 11) is 0. The van der Waals surface area contributed by atoms with Gasteiger partial charge < -0.3 is 9.88 Å². The van der Waals surface area contributed by atoms with Crippen molar-refractivity contribution in [3.05, 3.63) is 40.1 Å². The summed E-state index contributed by atoms with van der Waals surface area (Å²) in [6.07, 6.45) is 6.32. The molecular formula is C12H11BrClN3. The first kappa shape index (κ1) is 11.1. The Hall–Kier alpha value is -1.00. The van der Waals surface area contributed by atoms with Gasteiger partial charge in [-0.3, -0.25) is 0 Å². The molecule has 1 N–H and O–H groups in total. The summed E-state index contributed by atoms with van der Waals surface area (Å²) >= 11 is 9.43. The summed E-state index contributed by atoms with van der Waals surface area (Å²) in [6, 6.07) is 6.40. The average Bonchev–Trinajstić information content (AvgIpc) is 3.05. The molecule has 1 fully saturated rings. The first-order valence-electron chi connectivity index (χ1n) is 5.49. The van der Waals surface area contributed by atoms with Crippen LogP contribution in [-0.2, 0) is 0 Å². The van der Waals surface area contributed by atoms with E-state index in [9.17, 15) is 0 Å². The number of imidazole rings is 1. The molecule has 88 valence electrons. The van der Waals surface area contributed by atoms with Crippen molar-refractivity contribution >= 4 is 39.2 Å². The van der Waals surface area contributed by atoms with E-state index in [4.69, 9.17) is 11.6 Å². The maximum atomic E-state index is 6.05. The Morgan fingerprint density at radius 2 is 2.24 bits per heavy atom. The van der Waals surface area contributed by atoms with Crippen molar-refractivity contribution in [1.29, 1.82) is 0 Å². The van der Waals surface area contributed by atoms with Crippen LogP contribution in [0.4, 0.5) is 11.6 Å². The number of rotatable bonds is 3. The van der Waals surface area contributed by atoms with Gasteiger partial charge in [0.25, 0.3) is 0 Å². The van der Waals surface area contributed by atoms with E-state index in [-0.39, 0.29) is 0 Å². The Kier molecular flexibility index (Phi) is 2.84. The van der Waals surface area contributed by atoms with Gasteiger partial charge in [0.15, 0.2) is 0 Å². The first-order chi connectivity index (χ1) is 8.24. The van der Waals surface area contributed by atoms with Crippen molar-refractivity contribution in [3.8, 4) is 0 Å². The lowest BCUT2D eigenvalue weighted by Gasteiger charge is -2.09. The lowest BCUT2D eigenvalue weighted by atomic mass is 10.3. The third kappa shape index (κ3) is 2.33. The minimum absolute atomic E-state index is 0.617. The highest BCUT2D eigenvalue weighted by atomic mass is 79.9. The Bertz CT molecular complexity index is 548. The molecule has 3 rings (SSSR count).